The van der Waals surface area contributed by atoms with Crippen LogP contribution >= 0.6 is 27.3 Å². The SMILES string of the molecule is NC(c1ccc(F)c(C(F)(F)F)c1)c1cscc1Br. The topological polar surface area (TPSA) is 26.0 Å². The first-order valence-electron chi connectivity index (χ1n) is 5.14. The van der Waals surface area contributed by atoms with Crippen LogP contribution in [0.4, 0.5) is 17.6 Å². The van der Waals surface area contributed by atoms with Gasteiger partial charge in [0.05, 0.1) is 11.6 Å². The Hall–Kier alpha value is -0.920. The molecule has 0 spiro atoms. The molecule has 7 heteroatoms. The number of hydrogen-bond donors (Lipinski definition) is 1. The fourth-order valence-corrected chi connectivity index (χ4v) is 3.23. The quantitative estimate of drug-likeness (QED) is 0.777. The first-order valence-corrected chi connectivity index (χ1v) is 6.88. The van der Waals surface area contributed by atoms with E-state index in [1.807, 2.05) is 0 Å². The van der Waals surface area contributed by atoms with Crippen LogP contribution < -0.4 is 5.73 Å². The highest BCUT2D eigenvalue weighted by Crippen LogP contribution is 2.35. The van der Waals surface area contributed by atoms with Crippen LogP contribution in [0, 0.1) is 5.82 Å². The first kappa shape index (κ1) is 14.5. The second-order valence-electron chi connectivity index (χ2n) is 3.89. The van der Waals surface area contributed by atoms with Gasteiger partial charge < -0.3 is 5.73 Å². The zero-order valence-corrected chi connectivity index (χ0v) is 11.7. The standard InChI is InChI=1S/C12H8BrF4NS/c13-9-5-19-4-7(9)11(18)6-1-2-10(14)8(3-6)12(15,16)17/h1-5,11H,18H2. The van der Waals surface area contributed by atoms with E-state index in [1.54, 1.807) is 10.8 Å². The minimum Gasteiger partial charge on any atom is -0.320 e. The summed E-state index contributed by atoms with van der Waals surface area (Å²) >= 11 is 4.65. The van der Waals surface area contributed by atoms with E-state index >= 15 is 0 Å². The first-order chi connectivity index (χ1) is 8.80. The van der Waals surface area contributed by atoms with E-state index in [0.717, 1.165) is 16.6 Å². The lowest BCUT2D eigenvalue weighted by atomic mass is 9.99. The van der Waals surface area contributed by atoms with Gasteiger partial charge in [-0.15, -0.1) is 0 Å². The van der Waals surface area contributed by atoms with Crippen LogP contribution in [0.15, 0.2) is 33.4 Å². The zero-order valence-electron chi connectivity index (χ0n) is 9.34. The van der Waals surface area contributed by atoms with Gasteiger partial charge in [-0.1, -0.05) is 6.07 Å². The van der Waals surface area contributed by atoms with Crippen molar-refractivity contribution in [3.8, 4) is 0 Å². The van der Waals surface area contributed by atoms with Crippen molar-refractivity contribution in [2.24, 2.45) is 5.73 Å². The van der Waals surface area contributed by atoms with E-state index < -0.39 is 23.6 Å². The molecule has 0 saturated heterocycles. The molecule has 1 aromatic heterocycles. The van der Waals surface area contributed by atoms with Crippen LogP contribution in [-0.4, -0.2) is 0 Å². The zero-order chi connectivity index (χ0) is 14.2. The van der Waals surface area contributed by atoms with Crippen LogP contribution in [0.2, 0.25) is 0 Å². The Balaban J connectivity index is 2.44. The van der Waals surface area contributed by atoms with E-state index in [1.165, 1.54) is 17.4 Å². The highest BCUT2D eigenvalue weighted by atomic mass is 79.9. The molecule has 0 aliphatic rings. The van der Waals surface area contributed by atoms with E-state index in [-0.39, 0.29) is 5.56 Å². The Morgan fingerprint density at radius 2 is 1.89 bits per heavy atom. The molecule has 1 nitrogen and oxygen atoms in total. The molecule has 0 radical (unpaired) electrons. The largest absolute Gasteiger partial charge is 0.419 e. The second kappa shape index (κ2) is 5.22. The van der Waals surface area contributed by atoms with Crippen LogP contribution in [0.3, 0.4) is 0 Å². The molecule has 19 heavy (non-hydrogen) atoms. The van der Waals surface area contributed by atoms with Crippen molar-refractivity contribution in [1.82, 2.24) is 0 Å². The summed E-state index contributed by atoms with van der Waals surface area (Å²) in [5.41, 5.74) is 5.50. The summed E-state index contributed by atoms with van der Waals surface area (Å²) < 4.78 is 51.8. The van der Waals surface area contributed by atoms with E-state index in [0.29, 0.717) is 5.56 Å². The van der Waals surface area contributed by atoms with Crippen molar-refractivity contribution in [3.05, 3.63) is 55.9 Å². The third kappa shape index (κ3) is 2.98. The number of hydrogen-bond acceptors (Lipinski definition) is 2. The average Bonchev–Trinajstić information content (AvgIpc) is 2.73. The molecule has 0 amide bonds. The number of halogens is 5. The fraction of sp³-hybridized carbons (Fsp3) is 0.167. The van der Waals surface area contributed by atoms with Crippen molar-refractivity contribution >= 4 is 27.3 Å². The molecule has 1 heterocycles. The second-order valence-corrected chi connectivity index (χ2v) is 5.49. The smallest absolute Gasteiger partial charge is 0.320 e. The number of benzene rings is 1. The van der Waals surface area contributed by atoms with Crippen molar-refractivity contribution in [1.29, 1.82) is 0 Å². The summed E-state index contributed by atoms with van der Waals surface area (Å²) in [6, 6.07) is 2.07. The molecule has 2 rings (SSSR count). The van der Waals surface area contributed by atoms with Gasteiger partial charge >= 0.3 is 6.18 Å². The predicted molar refractivity (Wildman–Crippen MR) is 69.5 cm³/mol. The molecule has 0 saturated carbocycles. The maximum atomic E-state index is 13.2. The van der Waals surface area contributed by atoms with Gasteiger partial charge in [0.1, 0.15) is 5.82 Å². The summed E-state index contributed by atoms with van der Waals surface area (Å²) in [4.78, 5) is 0. The van der Waals surface area contributed by atoms with Crippen LogP contribution in [0.25, 0.3) is 0 Å². The monoisotopic (exact) mass is 353 g/mol. The van der Waals surface area contributed by atoms with Crippen molar-refractivity contribution in [2.75, 3.05) is 0 Å². The van der Waals surface area contributed by atoms with Gasteiger partial charge in [-0.25, -0.2) is 4.39 Å². The Kier molecular flexibility index (Phi) is 3.98. The van der Waals surface area contributed by atoms with Crippen LogP contribution in [0.5, 0.6) is 0 Å². The number of alkyl halides is 3. The fourth-order valence-electron chi connectivity index (χ4n) is 1.65. The third-order valence-electron chi connectivity index (χ3n) is 2.63. The maximum Gasteiger partial charge on any atom is 0.419 e. The highest BCUT2D eigenvalue weighted by molar-refractivity contribution is 9.10. The molecule has 0 aliphatic carbocycles. The molecule has 102 valence electrons. The molecule has 0 fully saturated rings. The van der Waals surface area contributed by atoms with E-state index in [2.05, 4.69) is 15.9 Å². The highest BCUT2D eigenvalue weighted by Gasteiger charge is 2.34. The van der Waals surface area contributed by atoms with Gasteiger partial charge in [-0.2, -0.15) is 24.5 Å². The van der Waals surface area contributed by atoms with Gasteiger partial charge in [0.15, 0.2) is 0 Å². The van der Waals surface area contributed by atoms with Crippen LogP contribution in [0.1, 0.15) is 22.7 Å². The lowest BCUT2D eigenvalue weighted by molar-refractivity contribution is -0.140. The normalized spacial score (nSPS) is 13.6. The van der Waals surface area contributed by atoms with Gasteiger partial charge in [-0.3, -0.25) is 0 Å². The lowest BCUT2D eigenvalue weighted by Gasteiger charge is -2.15. The molecule has 1 aromatic carbocycles. The Morgan fingerprint density at radius 3 is 2.42 bits per heavy atom. The maximum absolute atomic E-state index is 13.2. The van der Waals surface area contributed by atoms with Gasteiger partial charge in [0, 0.05) is 9.85 Å². The predicted octanol–water partition coefficient (Wildman–Crippen LogP) is 4.72. The molecular formula is C12H8BrF4NS. The van der Waals surface area contributed by atoms with E-state index in [4.69, 9.17) is 5.73 Å². The molecule has 0 aliphatic heterocycles. The Bertz CT molecular complexity index is 594. The Labute approximate surface area is 119 Å². The number of thiophene rings is 1. The van der Waals surface area contributed by atoms with Crippen molar-refractivity contribution in [3.63, 3.8) is 0 Å². The van der Waals surface area contributed by atoms with Gasteiger partial charge in [0.25, 0.3) is 0 Å². The molecule has 1 unspecified atom stereocenters. The Morgan fingerprint density at radius 1 is 1.21 bits per heavy atom. The van der Waals surface area contributed by atoms with Crippen molar-refractivity contribution < 1.29 is 17.6 Å². The number of rotatable bonds is 2. The summed E-state index contributed by atoms with van der Waals surface area (Å²) in [6.07, 6.45) is -4.73. The lowest BCUT2D eigenvalue weighted by Crippen LogP contribution is -2.15. The average molecular weight is 354 g/mol. The number of nitrogens with two attached hydrogens (primary N) is 1. The van der Waals surface area contributed by atoms with Crippen molar-refractivity contribution in [2.45, 2.75) is 12.2 Å². The molecular weight excluding hydrogens is 346 g/mol. The van der Waals surface area contributed by atoms with Gasteiger partial charge in [0.2, 0.25) is 0 Å². The summed E-state index contributed by atoms with van der Waals surface area (Å²) in [5, 5.41) is 3.52. The molecule has 1 atom stereocenters. The molecule has 0 bridgehead atoms. The van der Waals surface area contributed by atoms with Gasteiger partial charge in [-0.05, 0) is 44.6 Å². The molecule has 2 N–H and O–H groups in total. The summed E-state index contributed by atoms with van der Waals surface area (Å²) in [6.45, 7) is 0. The third-order valence-corrected chi connectivity index (χ3v) is 4.38. The van der Waals surface area contributed by atoms with E-state index in [9.17, 15) is 17.6 Å². The minimum absolute atomic E-state index is 0.216. The minimum atomic E-state index is -4.73. The van der Waals surface area contributed by atoms with Crippen LogP contribution in [-0.2, 0) is 6.18 Å². The molecule has 2 aromatic rings. The summed E-state index contributed by atoms with van der Waals surface area (Å²) in [7, 11) is 0. The summed E-state index contributed by atoms with van der Waals surface area (Å²) in [5.74, 6) is -1.30.